The molecule has 1 heterocycles. The Kier molecular flexibility index (Phi) is 5.90. The molecular formula is C8H9Br2NO2. The van der Waals surface area contributed by atoms with Gasteiger partial charge in [0.05, 0.1) is 12.7 Å². The molecule has 13 heavy (non-hydrogen) atoms. The number of hydrogen-bond donors (Lipinski definition) is 0. The molecule has 0 saturated carbocycles. The number of ether oxygens (including phenoxy) is 1. The lowest BCUT2D eigenvalue weighted by Gasteiger charge is -1.99. The van der Waals surface area contributed by atoms with Crippen LogP contribution in [0.25, 0.3) is 0 Å². The Morgan fingerprint density at radius 2 is 2.31 bits per heavy atom. The highest BCUT2D eigenvalue weighted by Gasteiger charge is 2.05. The fourth-order valence-electron chi connectivity index (χ4n) is 0.790. The Labute approximate surface area is 95.4 Å². The number of methoxy groups -OCH3 is 1. The van der Waals surface area contributed by atoms with Gasteiger partial charge in [-0.1, -0.05) is 15.9 Å². The molecule has 1 aromatic rings. The van der Waals surface area contributed by atoms with Gasteiger partial charge in [0.25, 0.3) is 0 Å². The zero-order valence-electron chi connectivity index (χ0n) is 6.99. The largest absolute Gasteiger partial charge is 0.465 e. The number of rotatable bonds is 2. The molecule has 0 unspecified atom stereocenters. The van der Waals surface area contributed by atoms with E-state index in [1.165, 1.54) is 13.3 Å². The van der Waals surface area contributed by atoms with Crippen molar-refractivity contribution in [2.75, 3.05) is 7.11 Å². The standard InChI is InChI=1S/C8H8BrNO2.BrH/c1-12-8(11)7-2-6(3-9)4-10-5-7;/h2,4-5H,3H2,1H3;1H. The summed E-state index contributed by atoms with van der Waals surface area (Å²) in [7, 11) is 1.35. The molecule has 0 atom stereocenters. The summed E-state index contributed by atoms with van der Waals surface area (Å²) in [6, 6.07) is 1.74. The maximum Gasteiger partial charge on any atom is 0.339 e. The van der Waals surface area contributed by atoms with Crippen LogP contribution in [0.4, 0.5) is 0 Å². The maximum absolute atomic E-state index is 11.0. The van der Waals surface area contributed by atoms with E-state index in [2.05, 4.69) is 25.7 Å². The van der Waals surface area contributed by atoms with E-state index < -0.39 is 0 Å². The van der Waals surface area contributed by atoms with Gasteiger partial charge >= 0.3 is 5.97 Å². The van der Waals surface area contributed by atoms with Gasteiger partial charge in [0.15, 0.2) is 0 Å². The summed E-state index contributed by atoms with van der Waals surface area (Å²) in [6.45, 7) is 0. The molecule has 0 fully saturated rings. The second-order valence-corrected chi connectivity index (χ2v) is 2.77. The molecule has 0 aromatic carbocycles. The van der Waals surface area contributed by atoms with Crippen molar-refractivity contribution in [1.29, 1.82) is 0 Å². The van der Waals surface area contributed by atoms with Crippen LogP contribution in [0.5, 0.6) is 0 Å². The monoisotopic (exact) mass is 309 g/mol. The van der Waals surface area contributed by atoms with Gasteiger partial charge in [-0.2, -0.15) is 0 Å². The van der Waals surface area contributed by atoms with Gasteiger partial charge < -0.3 is 4.74 Å². The number of alkyl halides is 1. The van der Waals surface area contributed by atoms with Crippen LogP contribution in [0, 0.1) is 0 Å². The fourth-order valence-corrected chi connectivity index (χ4v) is 1.10. The average molecular weight is 311 g/mol. The summed E-state index contributed by atoms with van der Waals surface area (Å²) in [5.41, 5.74) is 1.44. The van der Waals surface area contributed by atoms with Crippen molar-refractivity contribution < 1.29 is 9.53 Å². The van der Waals surface area contributed by atoms with E-state index in [0.717, 1.165) is 5.56 Å². The molecule has 0 saturated heterocycles. The summed E-state index contributed by atoms with van der Waals surface area (Å²) < 4.78 is 4.54. The molecule has 0 N–H and O–H groups in total. The highest BCUT2D eigenvalue weighted by atomic mass is 79.9. The van der Waals surface area contributed by atoms with Gasteiger partial charge in [-0.15, -0.1) is 17.0 Å². The number of esters is 1. The van der Waals surface area contributed by atoms with Crippen molar-refractivity contribution in [3.8, 4) is 0 Å². The topological polar surface area (TPSA) is 39.2 Å². The molecule has 5 heteroatoms. The molecule has 0 aliphatic heterocycles. The van der Waals surface area contributed by atoms with E-state index in [1.54, 1.807) is 12.3 Å². The maximum atomic E-state index is 11.0. The summed E-state index contributed by atoms with van der Waals surface area (Å²) in [5, 5.41) is 0.685. The Morgan fingerprint density at radius 1 is 1.62 bits per heavy atom. The van der Waals surface area contributed by atoms with Crippen LogP contribution in [0.3, 0.4) is 0 Å². The number of aromatic nitrogens is 1. The van der Waals surface area contributed by atoms with Crippen LogP contribution >= 0.6 is 32.9 Å². The van der Waals surface area contributed by atoms with Crippen LogP contribution in [0.1, 0.15) is 15.9 Å². The van der Waals surface area contributed by atoms with Gasteiger partial charge in [0, 0.05) is 17.7 Å². The summed E-state index contributed by atoms with van der Waals surface area (Å²) in [4.78, 5) is 14.9. The van der Waals surface area contributed by atoms with Crippen molar-refractivity contribution in [2.45, 2.75) is 5.33 Å². The Morgan fingerprint density at radius 3 is 2.85 bits per heavy atom. The highest BCUT2D eigenvalue weighted by molar-refractivity contribution is 9.08. The SMILES string of the molecule is Br.COC(=O)c1cncc(CBr)c1. The Bertz CT molecular complexity index is 291. The molecule has 0 spiro atoms. The summed E-state index contributed by atoms with van der Waals surface area (Å²) >= 11 is 3.27. The van der Waals surface area contributed by atoms with Crippen molar-refractivity contribution >= 4 is 38.9 Å². The summed E-state index contributed by atoms with van der Waals surface area (Å²) in [6.07, 6.45) is 3.18. The molecule has 0 aliphatic rings. The first-order chi connectivity index (χ1) is 5.77. The number of pyridine rings is 1. The fraction of sp³-hybridized carbons (Fsp3) is 0.250. The third-order valence-electron chi connectivity index (χ3n) is 1.37. The van der Waals surface area contributed by atoms with Gasteiger partial charge in [-0.25, -0.2) is 4.79 Å². The van der Waals surface area contributed by atoms with Crippen LogP contribution in [0.15, 0.2) is 18.5 Å². The molecule has 1 aromatic heterocycles. The number of halogens is 2. The smallest absolute Gasteiger partial charge is 0.339 e. The normalized spacial score (nSPS) is 8.77. The van der Waals surface area contributed by atoms with Crippen molar-refractivity contribution in [3.05, 3.63) is 29.6 Å². The summed E-state index contributed by atoms with van der Waals surface area (Å²) in [5.74, 6) is -0.356. The van der Waals surface area contributed by atoms with Gasteiger partial charge in [-0.3, -0.25) is 4.98 Å². The van der Waals surface area contributed by atoms with E-state index in [-0.39, 0.29) is 23.0 Å². The van der Waals surface area contributed by atoms with E-state index in [4.69, 9.17) is 0 Å². The van der Waals surface area contributed by atoms with Gasteiger partial charge in [-0.05, 0) is 11.6 Å². The second kappa shape index (κ2) is 6.10. The highest BCUT2D eigenvalue weighted by Crippen LogP contribution is 2.07. The average Bonchev–Trinajstić information content (AvgIpc) is 2.17. The zero-order valence-corrected chi connectivity index (χ0v) is 10.3. The van der Waals surface area contributed by atoms with E-state index >= 15 is 0 Å². The molecule has 3 nitrogen and oxygen atoms in total. The Balaban J connectivity index is 0.00000144. The predicted octanol–water partition coefficient (Wildman–Crippen LogP) is 2.34. The Hall–Kier alpha value is -0.420. The molecule has 1 rings (SSSR count). The lowest BCUT2D eigenvalue weighted by molar-refractivity contribution is 0.0600. The van der Waals surface area contributed by atoms with Crippen molar-refractivity contribution in [3.63, 3.8) is 0 Å². The van der Waals surface area contributed by atoms with Crippen LogP contribution in [0.2, 0.25) is 0 Å². The number of hydrogen-bond acceptors (Lipinski definition) is 3. The van der Waals surface area contributed by atoms with Crippen LogP contribution in [-0.4, -0.2) is 18.1 Å². The van der Waals surface area contributed by atoms with Gasteiger partial charge in [0.1, 0.15) is 0 Å². The van der Waals surface area contributed by atoms with E-state index in [9.17, 15) is 4.79 Å². The third kappa shape index (κ3) is 3.44. The number of carbonyl (C=O) groups is 1. The zero-order chi connectivity index (χ0) is 8.97. The number of nitrogens with zero attached hydrogens (tertiary/aromatic N) is 1. The second-order valence-electron chi connectivity index (χ2n) is 2.21. The first kappa shape index (κ1) is 12.6. The number of carbonyl (C=O) groups excluding carboxylic acids is 1. The van der Waals surface area contributed by atoms with Crippen LogP contribution in [-0.2, 0) is 10.1 Å². The third-order valence-corrected chi connectivity index (χ3v) is 2.02. The first-order valence-corrected chi connectivity index (χ1v) is 4.48. The lowest BCUT2D eigenvalue weighted by Crippen LogP contribution is -2.02. The first-order valence-electron chi connectivity index (χ1n) is 3.36. The molecule has 0 radical (unpaired) electrons. The van der Waals surface area contributed by atoms with E-state index in [0.29, 0.717) is 10.9 Å². The van der Waals surface area contributed by atoms with Crippen molar-refractivity contribution in [1.82, 2.24) is 4.98 Å². The predicted molar refractivity (Wildman–Crippen MR) is 58.5 cm³/mol. The minimum Gasteiger partial charge on any atom is -0.465 e. The molecule has 0 bridgehead atoms. The lowest BCUT2D eigenvalue weighted by atomic mass is 10.2. The molecule has 72 valence electrons. The molecule has 0 amide bonds. The minimum atomic E-state index is -0.356. The van der Waals surface area contributed by atoms with Gasteiger partial charge in [0.2, 0.25) is 0 Å². The van der Waals surface area contributed by atoms with E-state index in [1.807, 2.05) is 0 Å². The quantitative estimate of drug-likeness (QED) is 0.622. The molecule has 0 aliphatic carbocycles. The van der Waals surface area contributed by atoms with Crippen LogP contribution < -0.4 is 0 Å². The molecular weight excluding hydrogens is 302 g/mol. The minimum absolute atomic E-state index is 0. The van der Waals surface area contributed by atoms with Crippen molar-refractivity contribution in [2.24, 2.45) is 0 Å².